The van der Waals surface area contributed by atoms with Crippen LogP contribution in [0.15, 0.2) is 42.5 Å². The van der Waals surface area contributed by atoms with E-state index in [9.17, 15) is 14.7 Å². The number of carbonyl (C=O) groups excluding carboxylic acids is 2. The fourth-order valence-electron chi connectivity index (χ4n) is 5.35. The molecule has 188 valence electrons. The molecule has 0 radical (unpaired) electrons. The van der Waals surface area contributed by atoms with Crippen LogP contribution < -0.4 is 5.32 Å². The summed E-state index contributed by atoms with van der Waals surface area (Å²) in [6, 6.07) is 11.7. The van der Waals surface area contributed by atoms with Gasteiger partial charge in [-0.25, -0.2) is 0 Å². The van der Waals surface area contributed by atoms with Crippen LogP contribution in [0.3, 0.4) is 0 Å². The highest BCUT2D eigenvalue weighted by Gasteiger charge is 2.32. The Kier molecular flexibility index (Phi) is 8.22. The second-order valence-corrected chi connectivity index (χ2v) is 10.1. The molecule has 0 aliphatic heterocycles. The van der Waals surface area contributed by atoms with Gasteiger partial charge in [-0.2, -0.15) is 0 Å². The normalized spacial score (nSPS) is 16.4. The van der Waals surface area contributed by atoms with Crippen LogP contribution in [0.5, 0.6) is 0 Å². The lowest BCUT2D eigenvalue weighted by atomic mass is 9.69. The van der Waals surface area contributed by atoms with Crippen molar-refractivity contribution in [2.24, 2.45) is 0 Å². The lowest BCUT2D eigenvalue weighted by molar-refractivity contribution is -0.138. The highest BCUT2D eigenvalue weighted by molar-refractivity contribution is 5.97. The van der Waals surface area contributed by atoms with Gasteiger partial charge in [0.1, 0.15) is 0 Å². The maximum atomic E-state index is 12.6. The molecule has 1 aliphatic rings. The molecule has 1 saturated carbocycles. The van der Waals surface area contributed by atoms with E-state index in [1.807, 2.05) is 25.1 Å². The minimum absolute atomic E-state index is 0.194. The maximum absolute atomic E-state index is 12.6. The Labute approximate surface area is 209 Å². The molecule has 5 nitrogen and oxygen atoms in total. The molecule has 1 atom stereocenters. The van der Waals surface area contributed by atoms with E-state index in [0.29, 0.717) is 5.56 Å². The molecular formula is C30H40NO4+. The number of benzene rings is 2. The number of aryl methyl sites for hydroxylation is 2. The molecule has 0 saturated heterocycles. The van der Waals surface area contributed by atoms with Gasteiger partial charge in [0, 0.05) is 15.8 Å². The van der Waals surface area contributed by atoms with Crippen LogP contribution in [0.25, 0.3) is 6.08 Å². The van der Waals surface area contributed by atoms with E-state index in [1.54, 1.807) is 0 Å². The predicted octanol–water partition coefficient (Wildman–Crippen LogP) is 5.10. The molecule has 0 bridgehead atoms. The minimum atomic E-state index is -0.836. The average molecular weight is 479 g/mol. The summed E-state index contributed by atoms with van der Waals surface area (Å²) in [5, 5.41) is 20.5. The van der Waals surface area contributed by atoms with Gasteiger partial charge in [-0.05, 0) is 80.3 Å². The first-order valence-corrected chi connectivity index (χ1v) is 12.8. The molecule has 2 aromatic rings. The number of rotatable bonds is 9. The molecule has 35 heavy (non-hydrogen) atoms. The van der Waals surface area contributed by atoms with Crippen molar-refractivity contribution in [1.29, 1.82) is 0 Å². The van der Waals surface area contributed by atoms with Gasteiger partial charge in [0.15, 0.2) is 6.04 Å². The molecule has 5 heteroatoms. The van der Waals surface area contributed by atoms with Crippen LogP contribution in [-0.4, -0.2) is 33.7 Å². The minimum Gasteiger partial charge on any atom is -0.563 e. The summed E-state index contributed by atoms with van der Waals surface area (Å²) in [6.07, 6.45) is 9.68. The van der Waals surface area contributed by atoms with Crippen molar-refractivity contribution in [3.05, 3.63) is 75.9 Å². The van der Waals surface area contributed by atoms with E-state index in [-0.39, 0.29) is 11.3 Å². The lowest BCUT2D eigenvalue weighted by Gasteiger charge is -2.34. The van der Waals surface area contributed by atoms with E-state index >= 15 is 0 Å². The fraction of sp³-hybridized carbons (Fsp3) is 0.467. The number of carbonyl (C=O) groups is 2. The molecule has 3 rings (SSSR count). The highest BCUT2D eigenvalue weighted by atomic mass is 16.4. The maximum Gasteiger partial charge on any atom is 0.538 e. The van der Waals surface area contributed by atoms with Gasteiger partial charge in [-0.15, -0.1) is 0 Å². The van der Waals surface area contributed by atoms with Gasteiger partial charge in [0.25, 0.3) is 5.91 Å². The molecule has 1 amide bonds. The first kappa shape index (κ1) is 26.7. The summed E-state index contributed by atoms with van der Waals surface area (Å²) in [6.45, 7) is 9.94. The molecular weight excluding hydrogens is 438 g/mol. The molecule has 0 heterocycles. The summed E-state index contributed by atoms with van der Waals surface area (Å²) >= 11 is 0. The van der Waals surface area contributed by atoms with Crippen molar-refractivity contribution in [2.75, 3.05) is 0 Å². The van der Waals surface area contributed by atoms with Crippen LogP contribution >= 0.6 is 0 Å². The molecule has 4 N–H and O–H groups in total. The Hall–Kier alpha value is -2.92. The van der Waals surface area contributed by atoms with Gasteiger partial charge in [0.2, 0.25) is 0 Å². The Balaban J connectivity index is 1.92. The third kappa shape index (κ3) is 5.67. The molecule has 1 unspecified atom stereocenters. The summed E-state index contributed by atoms with van der Waals surface area (Å²) in [5.41, 5.74) is 5.19. The highest BCUT2D eigenvalue weighted by Crippen LogP contribution is 2.40. The molecule has 1 fully saturated rings. The van der Waals surface area contributed by atoms with Crippen molar-refractivity contribution in [1.82, 2.24) is 5.32 Å². The van der Waals surface area contributed by atoms with Crippen molar-refractivity contribution in [3.8, 4) is 0 Å². The van der Waals surface area contributed by atoms with Crippen LogP contribution in [0.1, 0.15) is 97.5 Å². The Morgan fingerprint density at radius 3 is 2.14 bits per heavy atom. The van der Waals surface area contributed by atoms with E-state index in [0.717, 1.165) is 55.2 Å². The topological polar surface area (TPSA) is 89.3 Å². The van der Waals surface area contributed by atoms with E-state index in [2.05, 4.69) is 56.4 Å². The number of hydrogen-bond acceptors (Lipinski definition) is 3. The lowest BCUT2D eigenvalue weighted by Crippen LogP contribution is -2.38. The summed E-state index contributed by atoms with van der Waals surface area (Å²) < 4.78 is 0. The second kappa shape index (κ2) is 10.8. The number of amides is 1. The largest absolute Gasteiger partial charge is 0.563 e. The van der Waals surface area contributed by atoms with Gasteiger partial charge in [-0.1, -0.05) is 69.2 Å². The molecule has 2 aromatic carbocycles. The fourth-order valence-corrected chi connectivity index (χ4v) is 5.35. The van der Waals surface area contributed by atoms with E-state index in [4.69, 9.17) is 5.11 Å². The third-order valence-electron chi connectivity index (χ3n) is 7.84. The van der Waals surface area contributed by atoms with Crippen LogP contribution in [-0.2, 0) is 10.2 Å². The number of hydrogen-bond donors (Lipinski definition) is 2. The van der Waals surface area contributed by atoms with E-state index in [1.165, 1.54) is 18.1 Å². The third-order valence-corrected chi connectivity index (χ3v) is 7.84. The smallest absolute Gasteiger partial charge is 0.538 e. The van der Waals surface area contributed by atoms with Crippen molar-refractivity contribution in [2.45, 2.75) is 90.2 Å². The first-order valence-electron chi connectivity index (χ1n) is 12.8. The Morgan fingerprint density at radius 1 is 1.06 bits per heavy atom. The monoisotopic (exact) mass is 478 g/mol. The Bertz CT molecular complexity index is 1110. The predicted molar refractivity (Wildman–Crippen MR) is 142 cm³/mol. The summed E-state index contributed by atoms with van der Waals surface area (Å²) in [5.74, 6) is -1.15. The average Bonchev–Trinajstić information content (AvgIpc) is 3.26. The molecule has 0 aromatic heterocycles. The quantitative estimate of drug-likeness (QED) is 0.492. The van der Waals surface area contributed by atoms with Gasteiger partial charge >= 0.3 is 5.97 Å². The number of aliphatic hydroxyl groups is 1. The van der Waals surface area contributed by atoms with Crippen LogP contribution in [0, 0.1) is 13.8 Å². The standard InChI is InChI=1S/C30H39NO4/c1-6-30(7-2,25-12-13-26(21(4)19-25)27(32)31-22(5)28(33)34)24-11-10-23(20(3)18-24)14-17-29(35)15-8-9-16-29/h10-14,17-19,22,35H,6-9,15-16H2,1-5H3,(H,31,32)(H,33,34)/p+1/b17-14+. The van der Waals surface area contributed by atoms with Gasteiger partial charge < -0.3 is 15.5 Å². The zero-order chi connectivity index (χ0) is 25.8. The summed E-state index contributed by atoms with van der Waals surface area (Å²) in [7, 11) is 0. The van der Waals surface area contributed by atoms with Gasteiger partial charge in [0.05, 0.1) is 5.60 Å². The first-order chi connectivity index (χ1) is 16.5. The second-order valence-electron chi connectivity index (χ2n) is 10.1. The Morgan fingerprint density at radius 2 is 1.63 bits per heavy atom. The SMILES string of the molecule is CCC(CC)(c1ccc(/C=C/C2(O)CCCC2)c(C)c1)c1ccc(C(=O)NC(C)C(=O)[OH2+])c(C)c1. The van der Waals surface area contributed by atoms with Crippen molar-refractivity contribution >= 4 is 18.0 Å². The van der Waals surface area contributed by atoms with E-state index < -0.39 is 17.6 Å². The van der Waals surface area contributed by atoms with Crippen LogP contribution in [0.2, 0.25) is 0 Å². The molecule has 1 aliphatic carbocycles. The van der Waals surface area contributed by atoms with Crippen molar-refractivity contribution < 1.29 is 19.8 Å². The number of nitrogens with one attached hydrogen (secondary N) is 1. The van der Waals surface area contributed by atoms with Crippen molar-refractivity contribution in [3.63, 3.8) is 0 Å². The zero-order valence-electron chi connectivity index (χ0n) is 21.7. The summed E-state index contributed by atoms with van der Waals surface area (Å²) in [4.78, 5) is 23.9. The zero-order valence-corrected chi connectivity index (χ0v) is 21.7. The molecule has 0 spiro atoms. The van der Waals surface area contributed by atoms with Crippen LogP contribution in [0.4, 0.5) is 0 Å². The van der Waals surface area contributed by atoms with Gasteiger partial charge in [-0.3, -0.25) is 4.79 Å².